The molecule has 1 aliphatic heterocycles. The summed E-state index contributed by atoms with van der Waals surface area (Å²) in [7, 11) is 0. The summed E-state index contributed by atoms with van der Waals surface area (Å²) in [6, 6.07) is -1.00. The fourth-order valence-electron chi connectivity index (χ4n) is 1.14. The molecule has 0 aromatic heterocycles. The fraction of sp³-hybridized carbons (Fsp3) is 0.750. The van der Waals surface area contributed by atoms with Gasteiger partial charge < -0.3 is 21.1 Å². The highest BCUT2D eigenvalue weighted by Gasteiger charge is 2.19. The summed E-state index contributed by atoms with van der Waals surface area (Å²) in [5.74, 6) is -0.553. The van der Waals surface area contributed by atoms with Crippen LogP contribution >= 0.6 is 0 Å². The first-order valence-corrected chi connectivity index (χ1v) is 4.53. The summed E-state index contributed by atoms with van der Waals surface area (Å²) < 4.78 is 5.08. The zero-order valence-electron chi connectivity index (χ0n) is 8.08. The van der Waals surface area contributed by atoms with Crippen LogP contribution in [0.4, 0.5) is 4.79 Å². The first-order valence-electron chi connectivity index (χ1n) is 4.53. The largest absolute Gasteiger partial charge is 0.379 e. The Morgan fingerprint density at radius 3 is 2.79 bits per heavy atom. The summed E-state index contributed by atoms with van der Waals surface area (Å²) in [5, 5.41) is 5.11. The van der Waals surface area contributed by atoms with E-state index < -0.39 is 11.9 Å². The summed E-state index contributed by atoms with van der Waals surface area (Å²) in [4.78, 5) is 21.9. The first-order chi connectivity index (χ1) is 6.59. The number of amides is 3. The van der Waals surface area contributed by atoms with E-state index in [1.54, 1.807) is 0 Å². The number of carbonyl (C=O) groups excluding carboxylic acids is 2. The van der Waals surface area contributed by atoms with Crippen LogP contribution in [0, 0.1) is 0 Å². The lowest BCUT2D eigenvalue weighted by Gasteiger charge is -2.14. The predicted octanol–water partition coefficient (Wildman–Crippen LogP) is -1.05. The summed E-state index contributed by atoms with van der Waals surface area (Å²) in [5.41, 5.74) is 4.99. The summed E-state index contributed by atoms with van der Waals surface area (Å²) >= 11 is 0. The number of primary amides is 1. The lowest BCUT2D eigenvalue weighted by atomic mass is 10.3. The number of nitrogens with one attached hydrogen (secondary N) is 2. The SMILES string of the molecule is C[C@@H](NC(=O)NC1CCOC1)C(N)=O. The maximum atomic E-state index is 11.2. The van der Waals surface area contributed by atoms with Crippen molar-refractivity contribution < 1.29 is 14.3 Å². The number of hydrogen-bond acceptors (Lipinski definition) is 3. The number of hydrogen-bond donors (Lipinski definition) is 3. The smallest absolute Gasteiger partial charge is 0.315 e. The molecule has 0 aliphatic carbocycles. The van der Waals surface area contributed by atoms with Gasteiger partial charge in [-0.15, -0.1) is 0 Å². The average Bonchev–Trinajstić information content (AvgIpc) is 2.56. The molecule has 1 saturated heterocycles. The molecule has 0 radical (unpaired) electrons. The van der Waals surface area contributed by atoms with Gasteiger partial charge in [-0.05, 0) is 13.3 Å². The van der Waals surface area contributed by atoms with Gasteiger partial charge in [-0.2, -0.15) is 0 Å². The molecule has 3 amide bonds. The number of carbonyl (C=O) groups is 2. The van der Waals surface area contributed by atoms with Crippen molar-refractivity contribution in [2.45, 2.75) is 25.4 Å². The van der Waals surface area contributed by atoms with Crippen LogP contribution in [0.2, 0.25) is 0 Å². The van der Waals surface area contributed by atoms with Gasteiger partial charge in [0.05, 0.1) is 12.6 Å². The standard InChI is InChI=1S/C8H15N3O3/c1-5(7(9)12)10-8(13)11-6-2-3-14-4-6/h5-6H,2-4H2,1H3,(H2,9,12)(H2,10,11,13)/t5-,6?/m1/s1. The molecule has 2 atom stereocenters. The van der Waals surface area contributed by atoms with E-state index in [4.69, 9.17) is 10.5 Å². The molecule has 0 spiro atoms. The van der Waals surface area contributed by atoms with Gasteiger partial charge in [-0.3, -0.25) is 4.79 Å². The van der Waals surface area contributed by atoms with Crippen LogP contribution in [0.15, 0.2) is 0 Å². The lowest BCUT2D eigenvalue weighted by Crippen LogP contribution is -2.49. The van der Waals surface area contributed by atoms with Crippen molar-refractivity contribution in [1.29, 1.82) is 0 Å². The molecule has 14 heavy (non-hydrogen) atoms. The summed E-state index contributed by atoms with van der Waals surface area (Å²) in [6.07, 6.45) is 0.804. The van der Waals surface area contributed by atoms with Crippen LogP contribution in [-0.4, -0.2) is 37.2 Å². The van der Waals surface area contributed by atoms with Crippen molar-refractivity contribution in [2.75, 3.05) is 13.2 Å². The Morgan fingerprint density at radius 2 is 2.29 bits per heavy atom. The van der Waals surface area contributed by atoms with Crippen molar-refractivity contribution in [1.82, 2.24) is 10.6 Å². The lowest BCUT2D eigenvalue weighted by molar-refractivity contribution is -0.119. The highest BCUT2D eigenvalue weighted by molar-refractivity contribution is 5.85. The molecular formula is C8H15N3O3. The van der Waals surface area contributed by atoms with Crippen molar-refractivity contribution in [3.8, 4) is 0 Å². The molecule has 6 nitrogen and oxygen atoms in total. The van der Waals surface area contributed by atoms with Gasteiger partial charge in [0.15, 0.2) is 0 Å². The Hall–Kier alpha value is -1.30. The maximum absolute atomic E-state index is 11.2. The minimum Gasteiger partial charge on any atom is -0.379 e. The number of ether oxygens (including phenoxy) is 1. The van der Waals surface area contributed by atoms with Crippen LogP contribution in [0.25, 0.3) is 0 Å². The van der Waals surface area contributed by atoms with E-state index in [0.717, 1.165) is 6.42 Å². The monoisotopic (exact) mass is 201 g/mol. The van der Waals surface area contributed by atoms with E-state index in [9.17, 15) is 9.59 Å². The third kappa shape index (κ3) is 3.21. The molecule has 0 aromatic carbocycles. The van der Waals surface area contributed by atoms with Gasteiger partial charge in [0.1, 0.15) is 6.04 Å². The molecular weight excluding hydrogens is 186 g/mol. The van der Waals surface area contributed by atoms with E-state index in [2.05, 4.69) is 10.6 Å². The molecule has 1 heterocycles. The maximum Gasteiger partial charge on any atom is 0.315 e. The molecule has 6 heteroatoms. The highest BCUT2D eigenvalue weighted by Crippen LogP contribution is 2.02. The molecule has 1 aliphatic rings. The molecule has 0 saturated carbocycles. The normalized spacial score (nSPS) is 22.8. The Balaban J connectivity index is 2.24. The molecule has 0 bridgehead atoms. The second kappa shape index (κ2) is 4.80. The second-order valence-corrected chi connectivity index (χ2v) is 3.30. The predicted molar refractivity (Wildman–Crippen MR) is 49.5 cm³/mol. The number of nitrogens with two attached hydrogens (primary N) is 1. The fourth-order valence-corrected chi connectivity index (χ4v) is 1.14. The molecule has 80 valence electrons. The average molecular weight is 201 g/mol. The number of urea groups is 1. The van der Waals surface area contributed by atoms with E-state index in [1.807, 2.05) is 0 Å². The van der Waals surface area contributed by atoms with Gasteiger partial charge in [0.25, 0.3) is 0 Å². The Bertz CT molecular complexity index is 226. The third-order valence-electron chi connectivity index (χ3n) is 2.04. The van der Waals surface area contributed by atoms with Crippen LogP contribution in [0.3, 0.4) is 0 Å². The first kappa shape index (κ1) is 10.8. The minimum absolute atomic E-state index is 0.0371. The van der Waals surface area contributed by atoms with Gasteiger partial charge in [0.2, 0.25) is 5.91 Å². The topological polar surface area (TPSA) is 93.4 Å². The Morgan fingerprint density at radius 1 is 1.57 bits per heavy atom. The number of rotatable bonds is 3. The van der Waals surface area contributed by atoms with Crippen LogP contribution in [0.1, 0.15) is 13.3 Å². The van der Waals surface area contributed by atoms with E-state index in [1.165, 1.54) is 6.92 Å². The minimum atomic E-state index is -0.655. The Labute approximate surface area is 82.2 Å². The van der Waals surface area contributed by atoms with Gasteiger partial charge in [-0.25, -0.2) is 4.79 Å². The van der Waals surface area contributed by atoms with Crippen molar-refractivity contribution in [2.24, 2.45) is 5.73 Å². The molecule has 1 unspecified atom stereocenters. The zero-order chi connectivity index (χ0) is 10.6. The van der Waals surface area contributed by atoms with Crippen molar-refractivity contribution >= 4 is 11.9 Å². The third-order valence-corrected chi connectivity index (χ3v) is 2.04. The van der Waals surface area contributed by atoms with Crippen molar-refractivity contribution in [3.05, 3.63) is 0 Å². The summed E-state index contributed by atoms with van der Waals surface area (Å²) in [6.45, 7) is 2.72. The highest BCUT2D eigenvalue weighted by atomic mass is 16.5. The zero-order valence-corrected chi connectivity index (χ0v) is 8.08. The van der Waals surface area contributed by atoms with Gasteiger partial charge in [-0.1, -0.05) is 0 Å². The van der Waals surface area contributed by atoms with Gasteiger partial charge >= 0.3 is 6.03 Å². The van der Waals surface area contributed by atoms with E-state index in [0.29, 0.717) is 13.2 Å². The van der Waals surface area contributed by atoms with E-state index in [-0.39, 0.29) is 12.1 Å². The molecule has 1 fully saturated rings. The quantitative estimate of drug-likeness (QED) is 0.543. The van der Waals surface area contributed by atoms with Crippen LogP contribution in [-0.2, 0) is 9.53 Å². The van der Waals surface area contributed by atoms with Gasteiger partial charge in [0, 0.05) is 6.61 Å². The van der Waals surface area contributed by atoms with Crippen LogP contribution in [0.5, 0.6) is 0 Å². The Kier molecular flexibility index (Phi) is 3.70. The molecule has 4 N–H and O–H groups in total. The van der Waals surface area contributed by atoms with E-state index >= 15 is 0 Å². The van der Waals surface area contributed by atoms with Crippen molar-refractivity contribution in [3.63, 3.8) is 0 Å². The van der Waals surface area contributed by atoms with Crippen LogP contribution < -0.4 is 16.4 Å². The molecule has 0 aromatic rings. The molecule has 1 rings (SSSR count). The second-order valence-electron chi connectivity index (χ2n) is 3.30.